The number of fused-ring (bicyclic) bond motifs is 1. The average Bonchev–Trinajstić information content (AvgIpc) is 2.87. The highest BCUT2D eigenvalue weighted by molar-refractivity contribution is 5.78. The van der Waals surface area contributed by atoms with Crippen LogP contribution < -0.4 is 5.73 Å². The van der Waals surface area contributed by atoms with Gasteiger partial charge in [0.2, 0.25) is 0 Å². The van der Waals surface area contributed by atoms with Crippen molar-refractivity contribution in [2.24, 2.45) is 5.73 Å². The first-order chi connectivity index (χ1) is 11.0. The molecule has 0 radical (unpaired) electrons. The van der Waals surface area contributed by atoms with Crippen molar-refractivity contribution in [3.05, 3.63) is 64.5 Å². The van der Waals surface area contributed by atoms with Crippen molar-refractivity contribution in [1.82, 2.24) is 9.55 Å². The van der Waals surface area contributed by atoms with Crippen LogP contribution in [0.2, 0.25) is 0 Å². The number of nitrogens with two attached hydrogens (primary N) is 1. The van der Waals surface area contributed by atoms with E-state index in [1.54, 1.807) is 0 Å². The molecule has 0 spiro atoms. The van der Waals surface area contributed by atoms with Gasteiger partial charge in [-0.25, -0.2) is 4.98 Å². The summed E-state index contributed by atoms with van der Waals surface area (Å²) in [6.45, 7) is 6.86. The quantitative estimate of drug-likeness (QED) is 0.804. The summed E-state index contributed by atoms with van der Waals surface area (Å²) in [4.78, 5) is 4.73. The van der Waals surface area contributed by atoms with Gasteiger partial charge in [0.15, 0.2) is 0 Å². The van der Waals surface area contributed by atoms with E-state index in [1.807, 2.05) is 31.2 Å². The predicted molar refractivity (Wildman–Crippen MR) is 92.1 cm³/mol. The van der Waals surface area contributed by atoms with Gasteiger partial charge in [0.1, 0.15) is 5.82 Å². The van der Waals surface area contributed by atoms with Gasteiger partial charge < -0.3 is 10.3 Å². The molecule has 1 aromatic heterocycles. The average molecular weight is 304 g/mol. The second-order valence-electron chi connectivity index (χ2n) is 6.08. The molecule has 1 unspecified atom stereocenters. The standard InChI is InChI=1S/C19H20N4/c1-12-8-17-18(9-13(12)2)23(19(22-17)14(3)21)11-16-6-4-15(10-20)5-7-16/h4-9,14H,11,21H2,1-3H3. The molecule has 0 saturated heterocycles. The fraction of sp³-hybridized carbons (Fsp3) is 0.263. The van der Waals surface area contributed by atoms with Gasteiger partial charge in [-0.2, -0.15) is 5.26 Å². The number of hydrogen-bond donors (Lipinski definition) is 1. The Morgan fingerprint density at radius 1 is 1.17 bits per heavy atom. The summed E-state index contributed by atoms with van der Waals surface area (Å²) in [6.07, 6.45) is 0. The first kappa shape index (κ1) is 15.3. The van der Waals surface area contributed by atoms with Gasteiger partial charge in [-0.05, 0) is 61.7 Å². The second kappa shape index (κ2) is 5.86. The fourth-order valence-electron chi connectivity index (χ4n) is 2.78. The summed E-state index contributed by atoms with van der Waals surface area (Å²) >= 11 is 0. The van der Waals surface area contributed by atoms with E-state index < -0.39 is 0 Å². The van der Waals surface area contributed by atoms with E-state index in [-0.39, 0.29) is 6.04 Å². The Labute approximate surface area is 136 Å². The molecule has 1 atom stereocenters. The Morgan fingerprint density at radius 3 is 2.43 bits per heavy atom. The first-order valence-electron chi connectivity index (χ1n) is 7.71. The lowest BCUT2D eigenvalue weighted by molar-refractivity contribution is 0.664. The van der Waals surface area contributed by atoms with E-state index >= 15 is 0 Å². The number of rotatable bonds is 3. The van der Waals surface area contributed by atoms with Gasteiger partial charge in [-0.15, -0.1) is 0 Å². The first-order valence-corrected chi connectivity index (χ1v) is 7.71. The molecule has 0 fully saturated rings. The van der Waals surface area contributed by atoms with Crippen molar-refractivity contribution in [2.45, 2.75) is 33.4 Å². The van der Waals surface area contributed by atoms with Crippen molar-refractivity contribution in [3.63, 3.8) is 0 Å². The van der Waals surface area contributed by atoms with Crippen LogP contribution in [-0.4, -0.2) is 9.55 Å². The highest BCUT2D eigenvalue weighted by atomic mass is 15.1. The predicted octanol–water partition coefficient (Wildman–Crippen LogP) is 3.59. The lowest BCUT2D eigenvalue weighted by atomic mass is 10.1. The molecule has 4 heteroatoms. The fourth-order valence-corrected chi connectivity index (χ4v) is 2.78. The zero-order valence-electron chi connectivity index (χ0n) is 13.7. The van der Waals surface area contributed by atoms with Gasteiger partial charge in [-0.1, -0.05) is 12.1 Å². The van der Waals surface area contributed by atoms with Crippen LogP contribution in [0.25, 0.3) is 11.0 Å². The van der Waals surface area contributed by atoms with Gasteiger partial charge in [-0.3, -0.25) is 0 Å². The van der Waals surface area contributed by atoms with Crippen LogP contribution in [0.15, 0.2) is 36.4 Å². The minimum Gasteiger partial charge on any atom is -0.322 e. The Morgan fingerprint density at radius 2 is 1.83 bits per heavy atom. The maximum absolute atomic E-state index is 8.92. The molecular formula is C19H20N4. The van der Waals surface area contributed by atoms with Crippen LogP contribution in [0.5, 0.6) is 0 Å². The van der Waals surface area contributed by atoms with Crippen molar-refractivity contribution >= 4 is 11.0 Å². The topological polar surface area (TPSA) is 67.6 Å². The molecule has 2 aromatic carbocycles. The zero-order chi connectivity index (χ0) is 16.6. The molecule has 0 amide bonds. The minimum atomic E-state index is -0.138. The Hall–Kier alpha value is -2.64. The van der Waals surface area contributed by atoms with Crippen LogP contribution in [0, 0.1) is 25.2 Å². The molecule has 1 heterocycles. The van der Waals surface area contributed by atoms with Gasteiger partial charge in [0.25, 0.3) is 0 Å². The van der Waals surface area contributed by atoms with E-state index in [1.165, 1.54) is 11.1 Å². The largest absolute Gasteiger partial charge is 0.322 e. The second-order valence-corrected chi connectivity index (χ2v) is 6.08. The maximum atomic E-state index is 8.92. The normalized spacial score (nSPS) is 12.3. The van der Waals surface area contributed by atoms with E-state index in [0.29, 0.717) is 12.1 Å². The van der Waals surface area contributed by atoms with E-state index in [0.717, 1.165) is 22.4 Å². The molecule has 4 nitrogen and oxygen atoms in total. The van der Waals surface area contributed by atoms with E-state index in [4.69, 9.17) is 16.0 Å². The molecule has 116 valence electrons. The molecular weight excluding hydrogens is 284 g/mol. The third-order valence-electron chi connectivity index (χ3n) is 4.22. The summed E-state index contributed by atoms with van der Waals surface area (Å²) < 4.78 is 2.17. The van der Waals surface area contributed by atoms with Gasteiger partial charge in [0, 0.05) is 6.54 Å². The van der Waals surface area contributed by atoms with E-state index in [9.17, 15) is 0 Å². The Balaban J connectivity index is 2.12. The number of nitrogens with zero attached hydrogens (tertiary/aromatic N) is 3. The van der Waals surface area contributed by atoms with Crippen LogP contribution in [0.1, 0.15) is 41.0 Å². The number of aryl methyl sites for hydroxylation is 2. The van der Waals surface area contributed by atoms with Crippen molar-refractivity contribution < 1.29 is 0 Å². The van der Waals surface area contributed by atoms with Crippen LogP contribution in [0.3, 0.4) is 0 Å². The van der Waals surface area contributed by atoms with Crippen LogP contribution in [0.4, 0.5) is 0 Å². The number of hydrogen-bond acceptors (Lipinski definition) is 3. The molecule has 3 rings (SSSR count). The summed E-state index contributed by atoms with van der Waals surface area (Å²) in [5, 5.41) is 8.92. The Bertz CT molecular complexity index is 896. The molecule has 3 aromatic rings. The van der Waals surface area contributed by atoms with E-state index in [2.05, 4.69) is 36.6 Å². The lowest BCUT2D eigenvalue weighted by Gasteiger charge is -2.12. The molecule has 0 aliphatic rings. The van der Waals surface area contributed by atoms with Crippen LogP contribution in [-0.2, 0) is 6.54 Å². The molecule has 2 N–H and O–H groups in total. The molecule has 0 bridgehead atoms. The zero-order valence-corrected chi connectivity index (χ0v) is 13.7. The number of imidazole rings is 1. The summed E-state index contributed by atoms with van der Waals surface area (Å²) in [5.74, 6) is 0.884. The van der Waals surface area contributed by atoms with Crippen molar-refractivity contribution in [1.29, 1.82) is 5.26 Å². The third kappa shape index (κ3) is 2.84. The summed E-state index contributed by atoms with van der Waals surface area (Å²) in [7, 11) is 0. The highest BCUT2D eigenvalue weighted by Gasteiger charge is 2.15. The molecule has 0 saturated carbocycles. The van der Waals surface area contributed by atoms with Crippen molar-refractivity contribution in [2.75, 3.05) is 0 Å². The van der Waals surface area contributed by atoms with Gasteiger partial charge in [0.05, 0.1) is 28.7 Å². The smallest absolute Gasteiger partial charge is 0.126 e. The lowest BCUT2D eigenvalue weighted by Crippen LogP contribution is -2.14. The number of aromatic nitrogens is 2. The van der Waals surface area contributed by atoms with Gasteiger partial charge >= 0.3 is 0 Å². The SMILES string of the molecule is Cc1cc2nc(C(C)N)n(Cc3ccc(C#N)cc3)c2cc1C. The van der Waals surface area contributed by atoms with Crippen molar-refractivity contribution in [3.8, 4) is 6.07 Å². The number of benzene rings is 2. The van der Waals surface area contributed by atoms with Crippen LogP contribution >= 0.6 is 0 Å². The summed E-state index contributed by atoms with van der Waals surface area (Å²) in [6, 6.07) is 14.0. The molecule has 23 heavy (non-hydrogen) atoms. The highest BCUT2D eigenvalue weighted by Crippen LogP contribution is 2.24. The minimum absolute atomic E-state index is 0.138. The molecule has 0 aliphatic carbocycles. The number of nitriles is 1. The third-order valence-corrected chi connectivity index (χ3v) is 4.22. The molecule has 0 aliphatic heterocycles. The monoisotopic (exact) mass is 304 g/mol. The summed E-state index contributed by atoms with van der Waals surface area (Å²) in [5.41, 5.74) is 12.5. The maximum Gasteiger partial charge on any atom is 0.126 e. The Kier molecular flexibility index (Phi) is 3.89.